The zero-order chi connectivity index (χ0) is 14.8. The Morgan fingerprint density at radius 1 is 1.55 bits per heavy atom. The molecule has 1 saturated heterocycles. The Morgan fingerprint density at radius 2 is 2.25 bits per heavy atom. The Balaban J connectivity index is 1.87. The largest absolute Gasteiger partial charge is 0.389 e. The summed E-state index contributed by atoms with van der Waals surface area (Å²) in [6.07, 6.45) is 0.709. The molecule has 4 nitrogen and oxygen atoms in total. The van der Waals surface area contributed by atoms with Crippen molar-refractivity contribution in [1.29, 1.82) is 0 Å². The first kappa shape index (κ1) is 15.3. The highest BCUT2D eigenvalue weighted by Gasteiger charge is 2.32. The molecular formula is C15H21ClN2O2. The van der Waals surface area contributed by atoms with Gasteiger partial charge in [0.05, 0.1) is 18.2 Å². The summed E-state index contributed by atoms with van der Waals surface area (Å²) in [4.78, 5) is 14.0. The Kier molecular flexibility index (Phi) is 4.68. The molecule has 1 aliphatic heterocycles. The quantitative estimate of drug-likeness (QED) is 0.893. The molecule has 2 rings (SSSR count). The smallest absolute Gasteiger partial charge is 0.234 e. The molecule has 5 heteroatoms. The van der Waals surface area contributed by atoms with Crippen LogP contribution in [0.5, 0.6) is 0 Å². The van der Waals surface area contributed by atoms with E-state index in [0.717, 1.165) is 12.1 Å². The number of carbonyl (C=O) groups excluding carboxylic acids is 1. The molecule has 0 aromatic heterocycles. The van der Waals surface area contributed by atoms with E-state index < -0.39 is 5.60 Å². The van der Waals surface area contributed by atoms with Gasteiger partial charge in [0.25, 0.3) is 0 Å². The summed E-state index contributed by atoms with van der Waals surface area (Å²) in [5, 5.41) is 13.5. The number of hydrogen-bond acceptors (Lipinski definition) is 3. The molecule has 0 radical (unpaired) electrons. The number of likely N-dealkylation sites (tertiary alicyclic amines) is 1. The summed E-state index contributed by atoms with van der Waals surface area (Å²) >= 11 is 6.12. The van der Waals surface area contributed by atoms with Crippen molar-refractivity contribution in [2.75, 3.05) is 19.6 Å². The maximum absolute atomic E-state index is 12.0. The van der Waals surface area contributed by atoms with Crippen LogP contribution in [0.3, 0.4) is 0 Å². The predicted molar refractivity (Wildman–Crippen MR) is 79.7 cm³/mol. The van der Waals surface area contributed by atoms with Gasteiger partial charge in [-0.3, -0.25) is 9.69 Å². The van der Waals surface area contributed by atoms with Crippen molar-refractivity contribution in [1.82, 2.24) is 10.2 Å². The summed E-state index contributed by atoms with van der Waals surface area (Å²) < 4.78 is 0. The zero-order valence-corrected chi connectivity index (χ0v) is 12.7. The fourth-order valence-corrected chi connectivity index (χ4v) is 2.87. The van der Waals surface area contributed by atoms with E-state index in [1.54, 1.807) is 6.92 Å². The number of amides is 1. The van der Waals surface area contributed by atoms with Gasteiger partial charge in [-0.25, -0.2) is 0 Å². The van der Waals surface area contributed by atoms with Gasteiger partial charge in [0, 0.05) is 18.1 Å². The van der Waals surface area contributed by atoms with Crippen LogP contribution in [0, 0.1) is 0 Å². The second-order valence-corrected chi connectivity index (χ2v) is 6.18. The lowest BCUT2D eigenvalue weighted by Gasteiger charge is -2.20. The van der Waals surface area contributed by atoms with Crippen molar-refractivity contribution in [3.63, 3.8) is 0 Å². The second-order valence-electron chi connectivity index (χ2n) is 5.77. The number of nitrogens with zero attached hydrogens (tertiary/aromatic N) is 1. The lowest BCUT2D eigenvalue weighted by molar-refractivity contribution is -0.122. The summed E-state index contributed by atoms with van der Waals surface area (Å²) in [7, 11) is 0. The third-order valence-electron chi connectivity index (χ3n) is 3.65. The standard InChI is InChI=1S/C15H21ClN2O2/c1-11(12-5-3-4-6-13(12)16)17-14(19)9-18-8-7-15(2,20)10-18/h3-6,11,20H,7-10H2,1-2H3,(H,17,19). The van der Waals surface area contributed by atoms with Crippen LogP contribution in [0.1, 0.15) is 31.9 Å². The second kappa shape index (κ2) is 6.12. The van der Waals surface area contributed by atoms with Crippen LogP contribution in [-0.2, 0) is 4.79 Å². The predicted octanol–water partition coefficient (Wildman–Crippen LogP) is 1.97. The molecule has 2 N–H and O–H groups in total. The van der Waals surface area contributed by atoms with E-state index in [4.69, 9.17) is 11.6 Å². The Hall–Kier alpha value is -1.10. The fraction of sp³-hybridized carbons (Fsp3) is 0.533. The molecule has 0 aliphatic carbocycles. The third-order valence-corrected chi connectivity index (χ3v) is 3.99. The highest BCUT2D eigenvalue weighted by atomic mass is 35.5. The molecule has 1 fully saturated rings. The SMILES string of the molecule is CC(NC(=O)CN1CCC(C)(O)C1)c1ccccc1Cl. The van der Waals surface area contributed by atoms with E-state index in [1.807, 2.05) is 36.1 Å². The minimum absolute atomic E-state index is 0.0462. The third kappa shape index (κ3) is 3.95. The molecule has 1 aromatic carbocycles. The van der Waals surface area contributed by atoms with E-state index in [-0.39, 0.29) is 11.9 Å². The van der Waals surface area contributed by atoms with E-state index in [2.05, 4.69) is 5.32 Å². The number of aliphatic hydroxyl groups is 1. The maximum Gasteiger partial charge on any atom is 0.234 e. The van der Waals surface area contributed by atoms with Crippen molar-refractivity contribution in [2.24, 2.45) is 0 Å². The summed E-state index contributed by atoms with van der Waals surface area (Å²) in [5.74, 6) is -0.0462. The van der Waals surface area contributed by atoms with Gasteiger partial charge in [-0.05, 0) is 31.9 Å². The van der Waals surface area contributed by atoms with Crippen molar-refractivity contribution >= 4 is 17.5 Å². The molecule has 1 heterocycles. The first-order chi connectivity index (χ1) is 9.37. The average molecular weight is 297 g/mol. The highest BCUT2D eigenvalue weighted by Crippen LogP contribution is 2.22. The molecule has 2 unspecified atom stereocenters. The Bertz CT molecular complexity index is 491. The maximum atomic E-state index is 12.0. The topological polar surface area (TPSA) is 52.6 Å². The fourth-order valence-electron chi connectivity index (χ4n) is 2.57. The monoisotopic (exact) mass is 296 g/mol. The normalized spacial score (nSPS) is 24.6. The van der Waals surface area contributed by atoms with E-state index in [9.17, 15) is 9.90 Å². The van der Waals surface area contributed by atoms with Crippen molar-refractivity contribution < 1.29 is 9.90 Å². The average Bonchev–Trinajstić information content (AvgIpc) is 2.68. The van der Waals surface area contributed by atoms with Gasteiger partial charge in [0.2, 0.25) is 5.91 Å². The number of benzene rings is 1. The van der Waals surface area contributed by atoms with E-state index in [1.165, 1.54) is 0 Å². The zero-order valence-electron chi connectivity index (χ0n) is 11.9. The van der Waals surface area contributed by atoms with Gasteiger partial charge in [-0.1, -0.05) is 29.8 Å². The molecule has 1 aliphatic rings. The number of nitrogens with one attached hydrogen (secondary N) is 1. The number of hydrogen-bond donors (Lipinski definition) is 2. The molecule has 0 bridgehead atoms. The molecular weight excluding hydrogens is 276 g/mol. The first-order valence-corrected chi connectivity index (χ1v) is 7.24. The molecule has 20 heavy (non-hydrogen) atoms. The lowest BCUT2D eigenvalue weighted by atomic mass is 10.1. The van der Waals surface area contributed by atoms with Crippen LogP contribution in [-0.4, -0.2) is 41.1 Å². The molecule has 1 amide bonds. The van der Waals surface area contributed by atoms with Crippen LogP contribution in [0.15, 0.2) is 24.3 Å². The van der Waals surface area contributed by atoms with Crippen LogP contribution < -0.4 is 5.32 Å². The number of carbonyl (C=O) groups is 1. The molecule has 110 valence electrons. The van der Waals surface area contributed by atoms with Gasteiger partial charge < -0.3 is 10.4 Å². The van der Waals surface area contributed by atoms with Crippen molar-refractivity contribution in [3.05, 3.63) is 34.9 Å². The highest BCUT2D eigenvalue weighted by molar-refractivity contribution is 6.31. The van der Waals surface area contributed by atoms with Crippen LogP contribution in [0.4, 0.5) is 0 Å². The number of rotatable bonds is 4. The summed E-state index contributed by atoms with van der Waals surface area (Å²) in [5.41, 5.74) is 0.241. The van der Waals surface area contributed by atoms with Crippen molar-refractivity contribution in [3.8, 4) is 0 Å². The number of β-amino-alcohol motifs (C(OH)–C–C–N with tert-alkyl or cyclic N) is 1. The molecule has 0 spiro atoms. The van der Waals surface area contributed by atoms with Crippen molar-refractivity contribution in [2.45, 2.75) is 31.9 Å². The minimum atomic E-state index is -0.672. The van der Waals surface area contributed by atoms with Gasteiger partial charge in [0.15, 0.2) is 0 Å². The van der Waals surface area contributed by atoms with E-state index in [0.29, 0.717) is 24.5 Å². The van der Waals surface area contributed by atoms with Crippen LogP contribution in [0.25, 0.3) is 0 Å². The summed E-state index contributed by atoms with van der Waals surface area (Å²) in [6.45, 7) is 5.32. The number of halogens is 1. The lowest BCUT2D eigenvalue weighted by Crippen LogP contribution is -2.39. The van der Waals surface area contributed by atoms with Gasteiger partial charge in [0.1, 0.15) is 0 Å². The van der Waals surface area contributed by atoms with Gasteiger partial charge >= 0.3 is 0 Å². The first-order valence-electron chi connectivity index (χ1n) is 6.86. The molecule has 2 atom stereocenters. The van der Waals surface area contributed by atoms with Gasteiger partial charge in [-0.2, -0.15) is 0 Å². The van der Waals surface area contributed by atoms with Crippen LogP contribution >= 0.6 is 11.6 Å². The Labute approximate surface area is 124 Å². The Morgan fingerprint density at radius 3 is 2.85 bits per heavy atom. The van der Waals surface area contributed by atoms with Crippen LogP contribution in [0.2, 0.25) is 5.02 Å². The van der Waals surface area contributed by atoms with E-state index >= 15 is 0 Å². The minimum Gasteiger partial charge on any atom is -0.389 e. The summed E-state index contributed by atoms with van der Waals surface area (Å²) in [6, 6.07) is 7.37. The molecule has 1 aromatic rings. The van der Waals surface area contributed by atoms with Gasteiger partial charge in [-0.15, -0.1) is 0 Å². The molecule has 0 saturated carbocycles.